The lowest BCUT2D eigenvalue weighted by Gasteiger charge is -2.37. The Labute approximate surface area is 197 Å². The van der Waals surface area contributed by atoms with Crippen LogP contribution in [0.3, 0.4) is 0 Å². The summed E-state index contributed by atoms with van der Waals surface area (Å²) in [5.74, 6) is 0.698. The zero-order chi connectivity index (χ0) is 23.7. The normalized spacial score (nSPS) is 20.7. The van der Waals surface area contributed by atoms with Crippen molar-refractivity contribution in [2.24, 2.45) is 0 Å². The van der Waals surface area contributed by atoms with E-state index in [1.807, 2.05) is 18.2 Å². The molecule has 2 amide bonds. The van der Waals surface area contributed by atoms with Gasteiger partial charge in [0.25, 0.3) is 5.91 Å². The smallest absolute Gasteiger partial charge is 0.338 e. The molecule has 0 bridgehead atoms. The summed E-state index contributed by atoms with van der Waals surface area (Å²) in [6.45, 7) is 6.12. The number of anilines is 1. The van der Waals surface area contributed by atoms with Crippen LogP contribution in [-0.4, -0.2) is 73.2 Å². The van der Waals surface area contributed by atoms with Crippen LogP contribution in [0.4, 0.5) is 5.69 Å². The van der Waals surface area contributed by atoms with Gasteiger partial charge in [-0.3, -0.25) is 19.4 Å². The summed E-state index contributed by atoms with van der Waals surface area (Å²) < 4.78 is 15.8. The Morgan fingerprint density at radius 2 is 1.74 bits per heavy atom. The molecule has 0 aromatic heterocycles. The lowest BCUT2D eigenvalue weighted by atomic mass is 10.1. The molecule has 9 nitrogen and oxygen atoms in total. The van der Waals surface area contributed by atoms with E-state index >= 15 is 0 Å². The molecule has 5 rings (SSSR count). The average molecular weight is 466 g/mol. The highest BCUT2D eigenvalue weighted by Gasteiger charge is 2.43. The number of hydrogen-bond acceptors (Lipinski definition) is 8. The number of piperazine rings is 1. The van der Waals surface area contributed by atoms with E-state index in [4.69, 9.17) is 14.2 Å². The number of rotatable bonds is 6. The fourth-order valence-electron chi connectivity index (χ4n) is 4.66. The lowest BCUT2D eigenvalue weighted by Crippen LogP contribution is -2.52. The SMILES string of the molecule is CCOC(=O)c1ccc(N2C(=O)C[C@H](N3CCN(Cc4ccc5c(c4)OCO5)CC3)C2=O)cc1. The average Bonchev–Trinajstić information content (AvgIpc) is 3.43. The van der Waals surface area contributed by atoms with E-state index in [0.29, 0.717) is 24.3 Å². The number of carbonyl (C=O) groups excluding carboxylic acids is 3. The van der Waals surface area contributed by atoms with Gasteiger partial charge in [0, 0.05) is 32.7 Å². The molecule has 2 fully saturated rings. The fourth-order valence-corrected chi connectivity index (χ4v) is 4.66. The first-order valence-electron chi connectivity index (χ1n) is 11.5. The van der Waals surface area contributed by atoms with Gasteiger partial charge in [-0.15, -0.1) is 0 Å². The van der Waals surface area contributed by atoms with Gasteiger partial charge in [0.1, 0.15) is 0 Å². The summed E-state index contributed by atoms with van der Waals surface area (Å²) in [7, 11) is 0. The van der Waals surface area contributed by atoms with E-state index in [2.05, 4.69) is 9.80 Å². The molecule has 0 N–H and O–H groups in total. The van der Waals surface area contributed by atoms with E-state index in [1.54, 1.807) is 31.2 Å². The molecule has 0 radical (unpaired) electrons. The van der Waals surface area contributed by atoms with Crippen LogP contribution in [0, 0.1) is 0 Å². The summed E-state index contributed by atoms with van der Waals surface area (Å²) >= 11 is 0. The summed E-state index contributed by atoms with van der Waals surface area (Å²) in [6, 6.07) is 11.9. The van der Waals surface area contributed by atoms with E-state index in [-0.39, 0.29) is 31.6 Å². The Bertz CT molecular complexity index is 1090. The standard InChI is InChI=1S/C25H27N3O6/c1-2-32-25(31)18-4-6-19(7-5-18)28-23(29)14-20(24(28)30)27-11-9-26(10-12-27)15-17-3-8-21-22(13-17)34-16-33-21/h3-8,13,20H,2,9-12,14-16H2,1H3/t20-/m0/s1. The van der Waals surface area contributed by atoms with Gasteiger partial charge in [-0.05, 0) is 48.9 Å². The molecule has 2 saturated heterocycles. The number of esters is 1. The Morgan fingerprint density at radius 1 is 1.00 bits per heavy atom. The van der Waals surface area contributed by atoms with Crippen LogP contribution in [-0.2, 0) is 20.9 Å². The van der Waals surface area contributed by atoms with E-state index in [1.165, 1.54) is 4.90 Å². The zero-order valence-electron chi connectivity index (χ0n) is 19.1. The maximum atomic E-state index is 13.2. The molecule has 3 heterocycles. The number of ether oxygens (including phenoxy) is 3. The van der Waals surface area contributed by atoms with E-state index in [9.17, 15) is 14.4 Å². The van der Waals surface area contributed by atoms with Crippen molar-refractivity contribution in [3.05, 3.63) is 53.6 Å². The molecular weight excluding hydrogens is 438 g/mol. The first-order valence-corrected chi connectivity index (χ1v) is 11.5. The third kappa shape index (κ3) is 4.36. The number of fused-ring (bicyclic) bond motifs is 1. The molecule has 1 atom stereocenters. The van der Waals surface area contributed by atoms with Crippen molar-refractivity contribution < 1.29 is 28.6 Å². The zero-order valence-corrected chi connectivity index (χ0v) is 19.1. The topological polar surface area (TPSA) is 88.6 Å². The van der Waals surface area contributed by atoms with Gasteiger partial charge in [0.2, 0.25) is 12.7 Å². The first-order chi connectivity index (χ1) is 16.5. The molecule has 0 aliphatic carbocycles. The van der Waals surface area contributed by atoms with E-state index < -0.39 is 12.0 Å². The van der Waals surface area contributed by atoms with Crippen molar-refractivity contribution in [2.75, 3.05) is 44.5 Å². The second kappa shape index (κ2) is 9.44. The van der Waals surface area contributed by atoms with Crippen LogP contribution in [0.1, 0.15) is 29.3 Å². The lowest BCUT2D eigenvalue weighted by molar-refractivity contribution is -0.123. The van der Waals surface area contributed by atoms with Gasteiger partial charge in [0.15, 0.2) is 11.5 Å². The van der Waals surface area contributed by atoms with Crippen molar-refractivity contribution in [1.82, 2.24) is 9.80 Å². The summed E-state index contributed by atoms with van der Waals surface area (Å²) in [6.07, 6.45) is 0.167. The quantitative estimate of drug-likeness (QED) is 0.473. The monoisotopic (exact) mass is 465 g/mol. The van der Waals surface area contributed by atoms with Crippen LogP contribution in [0.25, 0.3) is 0 Å². The molecule has 2 aromatic rings. The first kappa shape index (κ1) is 22.4. The molecular formula is C25H27N3O6. The maximum Gasteiger partial charge on any atom is 0.338 e. The molecule has 3 aliphatic heterocycles. The Morgan fingerprint density at radius 3 is 2.47 bits per heavy atom. The number of nitrogens with zero attached hydrogens (tertiary/aromatic N) is 3. The third-order valence-electron chi connectivity index (χ3n) is 6.45. The van der Waals surface area contributed by atoms with Crippen LogP contribution in [0.15, 0.2) is 42.5 Å². The summed E-state index contributed by atoms with van der Waals surface area (Å²) in [5.41, 5.74) is 2.02. The van der Waals surface area contributed by atoms with Gasteiger partial charge < -0.3 is 14.2 Å². The number of carbonyl (C=O) groups is 3. The highest BCUT2D eigenvalue weighted by molar-refractivity contribution is 6.22. The van der Waals surface area contributed by atoms with Crippen LogP contribution < -0.4 is 14.4 Å². The number of benzene rings is 2. The molecule has 0 unspecified atom stereocenters. The van der Waals surface area contributed by atoms with Gasteiger partial charge in [-0.2, -0.15) is 0 Å². The highest BCUT2D eigenvalue weighted by atomic mass is 16.7. The van der Waals surface area contributed by atoms with Gasteiger partial charge in [-0.1, -0.05) is 6.07 Å². The van der Waals surface area contributed by atoms with Crippen molar-refractivity contribution in [1.29, 1.82) is 0 Å². The van der Waals surface area contributed by atoms with E-state index in [0.717, 1.165) is 36.7 Å². The highest BCUT2D eigenvalue weighted by Crippen LogP contribution is 2.33. The minimum Gasteiger partial charge on any atom is -0.462 e. The molecule has 3 aliphatic rings. The van der Waals surface area contributed by atoms with Crippen LogP contribution >= 0.6 is 0 Å². The second-order valence-electron chi connectivity index (χ2n) is 8.55. The van der Waals surface area contributed by atoms with Crippen LogP contribution in [0.5, 0.6) is 11.5 Å². The fraction of sp³-hybridized carbons (Fsp3) is 0.400. The molecule has 9 heteroatoms. The van der Waals surface area contributed by atoms with Crippen molar-refractivity contribution in [2.45, 2.75) is 25.9 Å². The largest absolute Gasteiger partial charge is 0.462 e. The predicted octanol–water partition coefficient (Wildman–Crippen LogP) is 2.04. The number of amides is 2. The molecule has 178 valence electrons. The minimum absolute atomic E-state index is 0.167. The predicted molar refractivity (Wildman–Crippen MR) is 123 cm³/mol. The third-order valence-corrected chi connectivity index (χ3v) is 6.45. The maximum absolute atomic E-state index is 13.2. The Kier molecular flexibility index (Phi) is 6.21. The molecule has 2 aromatic carbocycles. The molecule has 0 spiro atoms. The van der Waals surface area contributed by atoms with Gasteiger partial charge >= 0.3 is 5.97 Å². The minimum atomic E-state index is -0.454. The Hall–Kier alpha value is -3.43. The van der Waals surface area contributed by atoms with Crippen LogP contribution in [0.2, 0.25) is 0 Å². The summed E-state index contributed by atoms with van der Waals surface area (Å²) in [5, 5.41) is 0. The summed E-state index contributed by atoms with van der Waals surface area (Å²) in [4.78, 5) is 43.4. The Balaban J connectivity index is 1.18. The van der Waals surface area contributed by atoms with Gasteiger partial charge in [0.05, 0.1) is 30.3 Å². The van der Waals surface area contributed by atoms with Crippen molar-refractivity contribution in [3.63, 3.8) is 0 Å². The van der Waals surface area contributed by atoms with Crippen molar-refractivity contribution in [3.8, 4) is 11.5 Å². The van der Waals surface area contributed by atoms with Crippen molar-refractivity contribution >= 4 is 23.5 Å². The van der Waals surface area contributed by atoms with Gasteiger partial charge in [-0.25, -0.2) is 9.69 Å². The second-order valence-corrected chi connectivity index (χ2v) is 8.55. The number of imide groups is 1. The molecule has 34 heavy (non-hydrogen) atoms. The molecule has 0 saturated carbocycles. The number of hydrogen-bond donors (Lipinski definition) is 0.